The molecule has 0 bridgehead atoms. The molecule has 0 saturated carbocycles. The number of hydrogen-bond donors (Lipinski definition) is 2. The van der Waals surface area contributed by atoms with E-state index in [1.165, 1.54) is 17.7 Å². The van der Waals surface area contributed by atoms with Gasteiger partial charge in [-0.15, -0.1) is 0 Å². The molecule has 0 radical (unpaired) electrons. The van der Waals surface area contributed by atoms with Crippen molar-refractivity contribution < 1.29 is 9.50 Å². The average molecular weight is 301 g/mol. The number of rotatable bonds is 7. The Bertz CT molecular complexity index is 566. The van der Waals surface area contributed by atoms with Gasteiger partial charge >= 0.3 is 0 Å². The first-order valence-electron chi connectivity index (χ1n) is 7.64. The minimum atomic E-state index is -0.215. The van der Waals surface area contributed by atoms with Gasteiger partial charge < -0.3 is 10.4 Å². The summed E-state index contributed by atoms with van der Waals surface area (Å²) < 4.78 is 12.9. The summed E-state index contributed by atoms with van der Waals surface area (Å²) in [5, 5.41) is 13.1. The molecule has 0 spiro atoms. The molecule has 0 fully saturated rings. The first-order valence-corrected chi connectivity index (χ1v) is 7.64. The third-order valence-corrected chi connectivity index (χ3v) is 4.14. The Morgan fingerprint density at radius 2 is 1.68 bits per heavy atom. The first kappa shape index (κ1) is 16.7. The zero-order valence-corrected chi connectivity index (χ0v) is 13.2. The van der Waals surface area contributed by atoms with Gasteiger partial charge in [-0.25, -0.2) is 4.39 Å². The topological polar surface area (TPSA) is 32.3 Å². The summed E-state index contributed by atoms with van der Waals surface area (Å²) in [6.45, 7) is 5.72. The van der Waals surface area contributed by atoms with Crippen LogP contribution in [-0.2, 0) is 6.54 Å². The van der Waals surface area contributed by atoms with Crippen LogP contribution in [0.2, 0.25) is 0 Å². The Labute approximate surface area is 132 Å². The molecule has 2 aromatic rings. The number of benzene rings is 2. The van der Waals surface area contributed by atoms with Gasteiger partial charge in [0.05, 0.1) is 0 Å². The molecule has 0 amide bonds. The van der Waals surface area contributed by atoms with E-state index in [-0.39, 0.29) is 23.8 Å². The van der Waals surface area contributed by atoms with E-state index in [1.807, 2.05) is 18.2 Å². The van der Waals surface area contributed by atoms with Crippen LogP contribution in [0, 0.1) is 11.2 Å². The van der Waals surface area contributed by atoms with Crippen LogP contribution in [0.3, 0.4) is 0 Å². The van der Waals surface area contributed by atoms with Crippen LogP contribution in [0.5, 0.6) is 0 Å². The van der Waals surface area contributed by atoms with Gasteiger partial charge in [-0.2, -0.15) is 0 Å². The summed E-state index contributed by atoms with van der Waals surface area (Å²) >= 11 is 0. The van der Waals surface area contributed by atoms with Crippen molar-refractivity contribution >= 4 is 0 Å². The van der Waals surface area contributed by atoms with Crippen molar-refractivity contribution in [3.05, 3.63) is 71.5 Å². The highest BCUT2D eigenvalue weighted by atomic mass is 19.1. The normalized spacial score (nSPS) is 13.1. The SMILES string of the molecule is CC(C)(CO)C(CNCc1ccc(F)cc1)c1ccccc1. The van der Waals surface area contributed by atoms with E-state index in [0.717, 1.165) is 12.1 Å². The zero-order valence-electron chi connectivity index (χ0n) is 13.2. The summed E-state index contributed by atoms with van der Waals surface area (Å²) in [5.74, 6) is -0.00789. The Balaban J connectivity index is 2.03. The zero-order chi connectivity index (χ0) is 16.0. The predicted octanol–water partition coefficient (Wildman–Crippen LogP) is 3.72. The van der Waals surface area contributed by atoms with Gasteiger partial charge in [-0.1, -0.05) is 56.3 Å². The van der Waals surface area contributed by atoms with Crippen molar-refractivity contribution in [2.24, 2.45) is 5.41 Å². The summed E-state index contributed by atoms with van der Waals surface area (Å²) in [6, 6.07) is 16.8. The second-order valence-electron chi connectivity index (χ2n) is 6.37. The molecule has 22 heavy (non-hydrogen) atoms. The second-order valence-corrected chi connectivity index (χ2v) is 6.37. The lowest BCUT2D eigenvalue weighted by Crippen LogP contribution is -2.34. The fourth-order valence-electron chi connectivity index (χ4n) is 2.60. The molecule has 2 rings (SSSR count). The van der Waals surface area contributed by atoms with E-state index in [4.69, 9.17) is 0 Å². The quantitative estimate of drug-likeness (QED) is 0.817. The standard InChI is InChI=1S/C19H24FNO/c1-19(2,14-22)18(16-6-4-3-5-7-16)13-21-12-15-8-10-17(20)11-9-15/h3-11,18,21-22H,12-14H2,1-2H3. The minimum absolute atomic E-state index is 0.130. The van der Waals surface area contributed by atoms with Gasteiger partial charge in [0, 0.05) is 25.6 Å². The van der Waals surface area contributed by atoms with Gasteiger partial charge in [0.25, 0.3) is 0 Å². The van der Waals surface area contributed by atoms with Crippen molar-refractivity contribution in [1.29, 1.82) is 0 Å². The van der Waals surface area contributed by atoms with E-state index >= 15 is 0 Å². The molecule has 0 aliphatic carbocycles. The van der Waals surface area contributed by atoms with Gasteiger partial charge in [0.1, 0.15) is 5.82 Å². The van der Waals surface area contributed by atoms with E-state index in [2.05, 4.69) is 31.3 Å². The van der Waals surface area contributed by atoms with Crippen LogP contribution in [0.15, 0.2) is 54.6 Å². The summed E-state index contributed by atoms with van der Waals surface area (Å²) in [7, 11) is 0. The van der Waals surface area contributed by atoms with Crippen molar-refractivity contribution in [2.45, 2.75) is 26.3 Å². The van der Waals surface area contributed by atoms with Crippen molar-refractivity contribution in [2.75, 3.05) is 13.2 Å². The minimum Gasteiger partial charge on any atom is -0.396 e. The van der Waals surface area contributed by atoms with Gasteiger partial charge in [-0.3, -0.25) is 0 Å². The molecule has 1 atom stereocenters. The maximum atomic E-state index is 12.9. The van der Waals surface area contributed by atoms with Crippen molar-refractivity contribution in [3.8, 4) is 0 Å². The van der Waals surface area contributed by atoms with Gasteiger partial charge in [-0.05, 0) is 28.7 Å². The molecule has 0 aliphatic heterocycles. The second kappa shape index (κ2) is 7.52. The number of nitrogens with one attached hydrogen (secondary N) is 1. The van der Waals surface area contributed by atoms with E-state index < -0.39 is 0 Å². The third-order valence-electron chi connectivity index (χ3n) is 4.14. The molecule has 0 aliphatic rings. The van der Waals surface area contributed by atoms with Crippen LogP contribution in [-0.4, -0.2) is 18.3 Å². The van der Waals surface area contributed by atoms with E-state index in [9.17, 15) is 9.50 Å². The third kappa shape index (κ3) is 4.39. The molecular formula is C19H24FNO. The molecule has 2 N–H and O–H groups in total. The maximum Gasteiger partial charge on any atom is 0.123 e. The van der Waals surface area contributed by atoms with Crippen molar-refractivity contribution in [1.82, 2.24) is 5.32 Å². The monoisotopic (exact) mass is 301 g/mol. The Kier molecular flexibility index (Phi) is 5.69. The molecule has 0 saturated heterocycles. The average Bonchev–Trinajstić information content (AvgIpc) is 2.54. The van der Waals surface area contributed by atoms with Crippen LogP contribution < -0.4 is 5.32 Å². The van der Waals surface area contributed by atoms with Crippen LogP contribution in [0.25, 0.3) is 0 Å². The summed E-state index contributed by atoms with van der Waals surface area (Å²) in [5.41, 5.74) is 2.06. The van der Waals surface area contributed by atoms with Crippen LogP contribution in [0.1, 0.15) is 30.9 Å². The Morgan fingerprint density at radius 1 is 1.05 bits per heavy atom. The molecule has 1 unspecified atom stereocenters. The maximum absolute atomic E-state index is 12.9. The predicted molar refractivity (Wildman–Crippen MR) is 88.2 cm³/mol. The molecule has 118 valence electrons. The van der Waals surface area contributed by atoms with Crippen LogP contribution >= 0.6 is 0 Å². The Morgan fingerprint density at radius 3 is 2.27 bits per heavy atom. The smallest absolute Gasteiger partial charge is 0.123 e. The Hall–Kier alpha value is -1.71. The summed E-state index contributed by atoms with van der Waals surface area (Å²) in [4.78, 5) is 0. The molecule has 2 aromatic carbocycles. The van der Waals surface area contributed by atoms with E-state index in [1.54, 1.807) is 12.1 Å². The number of aliphatic hydroxyl groups is 1. The first-order chi connectivity index (χ1) is 10.5. The number of halogens is 1. The van der Waals surface area contributed by atoms with Crippen LogP contribution in [0.4, 0.5) is 4.39 Å². The molecule has 3 heteroatoms. The van der Waals surface area contributed by atoms with Crippen molar-refractivity contribution in [3.63, 3.8) is 0 Å². The lowest BCUT2D eigenvalue weighted by Gasteiger charge is -2.33. The molecule has 2 nitrogen and oxygen atoms in total. The number of aliphatic hydroxyl groups excluding tert-OH is 1. The fraction of sp³-hybridized carbons (Fsp3) is 0.368. The summed E-state index contributed by atoms with van der Waals surface area (Å²) in [6.07, 6.45) is 0. The highest BCUT2D eigenvalue weighted by molar-refractivity contribution is 5.22. The highest BCUT2D eigenvalue weighted by Gasteiger charge is 2.29. The lowest BCUT2D eigenvalue weighted by molar-refractivity contribution is 0.129. The van der Waals surface area contributed by atoms with Gasteiger partial charge in [0.2, 0.25) is 0 Å². The fourth-order valence-corrected chi connectivity index (χ4v) is 2.60. The molecule has 0 aromatic heterocycles. The lowest BCUT2D eigenvalue weighted by atomic mass is 9.75. The number of hydrogen-bond acceptors (Lipinski definition) is 2. The van der Waals surface area contributed by atoms with E-state index in [0.29, 0.717) is 6.54 Å². The molecular weight excluding hydrogens is 277 g/mol. The largest absolute Gasteiger partial charge is 0.396 e. The molecule has 0 heterocycles. The highest BCUT2D eigenvalue weighted by Crippen LogP contribution is 2.34. The van der Waals surface area contributed by atoms with Gasteiger partial charge in [0.15, 0.2) is 0 Å².